The second-order valence-electron chi connectivity index (χ2n) is 4.22. The Morgan fingerprint density at radius 2 is 2.00 bits per heavy atom. The van der Waals surface area contributed by atoms with Crippen molar-refractivity contribution in [3.05, 3.63) is 35.4 Å². The smallest absolute Gasteiger partial charge is 0.155 e. The van der Waals surface area contributed by atoms with Crippen LogP contribution in [-0.4, -0.2) is 23.8 Å². The van der Waals surface area contributed by atoms with Crippen LogP contribution < -0.4 is 5.32 Å². The number of nitriles is 1. The van der Waals surface area contributed by atoms with Crippen LogP contribution in [0.3, 0.4) is 0 Å². The van der Waals surface area contributed by atoms with Crippen molar-refractivity contribution in [2.24, 2.45) is 0 Å². The zero-order chi connectivity index (χ0) is 12.4. The van der Waals surface area contributed by atoms with Crippen LogP contribution in [0.25, 0.3) is 0 Å². The van der Waals surface area contributed by atoms with Gasteiger partial charge in [0.15, 0.2) is 6.10 Å². The summed E-state index contributed by atoms with van der Waals surface area (Å²) in [4.78, 5) is 0. The molecule has 0 bridgehead atoms. The van der Waals surface area contributed by atoms with E-state index in [1.165, 1.54) is 12.1 Å². The third-order valence-corrected chi connectivity index (χ3v) is 3.03. The molecule has 1 saturated heterocycles. The van der Waals surface area contributed by atoms with E-state index >= 15 is 0 Å². The molecule has 1 aliphatic rings. The van der Waals surface area contributed by atoms with Gasteiger partial charge < -0.3 is 10.4 Å². The van der Waals surface area contributed by atoms with E-state index in [2.05, 4.69) is 5.32 Å². The topological polar surface area (TPSA) is 56.0 Å². The quantitative estimate of drug-likeness (QED) is 0.763. The highest BCUT2D eigenvalue weighted by atomic mass is 19.1. The van der Waals surface area contributed by atoms with Crippen LogP contribution in [-0.2, 0) is 0 Å². The van der Waals surface area contributed by atoms with Gasteiger partial charge >= 0.3 is 0 Å². The van der Waals surface area contributed by atoms with Crippen molar-refractivity contribution in [1.29, 1.82) is 5.26 Å². The van der Waals surface area contributed by atoms with Crippen LogP contribution in [0.2, 0.25) is 0 Å². The van der Waals surface area contributed by atoms with E-state index in [9.17, 15) is 13.9 Å². The fraction of sp³-hybridized carbons (Fsp3) is 0.417. The molecule has 0 aliphatic carbocycles. The molecule has 1 aliphatic heterocycles. The van der Waals surface area contributed by atoms with E-state index in [0.29, 0.717) is 18.5 Å². The lowest BCUT2D eigenvalue weighted by Gasteiger charge is -2.11. The fourth-order valence-electron chi connectivity index (χ4n) is 2.16. The molecule has 2 N–H and O–H groups in total. The molecule has 0 spiro atoms. The van der Waals surface area contributed by atoms with Crippen molar-refractivity contribution >= 4 is 0 Å². The Kier molecular flexibility index (Phi) is 3.36. The largest absolute Gasteiger partial charge is 0.376 e. The second-order valence-corrected chi connectivity index (χ2v) is 4.22. The lowest BCUT2D eigenvalue weighted by molar-refractivity contribution is 0.187. The number of aliphatic hydroxyl groups excluding tert-OH is 1. The number of hydrogen-bond donors (Lipinski definition) is 2. The first-order valence-corrected chi connectivity index (χ1v) is 5.37. The maximum Gasteiger partial charge on any atom is 0.155 e. The van der Waals surface area contributed by atoms with E-state index in [-0.39, 0.29) is 12.0 Å². The molecule has 2 rings (SSSR count). The summed E-state index contributed by atoms with van der Waals surface area (Å²) in [5.41, 5.74) is 0.558. The van der Waals surface area contributed by atoms with Gasteiger partial charge in [-0.25, -0.2) is 8.78 Å². The molecule has 1 fully saturated rings. The maximum atomic E-state index is 13.0. The Morgan fingerprint density at radius 1 is 1.35 bits per heavy atom. The summed E-state index contributed by atoms with van der Waals surface area (Å²) >= 11 is 0. The summed E-state index contributed by atoms with van der Waals surface area (Å²) in [7, 11) is 0. The Morgan fingerprint density at radius 3 is 2.59 bits per heavy atom. The van der Waals surface area contributed by atoms with Crippen molar-refractivity contribution in [2.45, 2.75) is 24.5 Å². The van der Waals surface area contributed by atoms with Gasteiger partial charge in [0.1, 0.15) is 11.6 Å². The second kappa shape index (κ2) is 4.78. The van der Waals surface area contributed by atoms with Gasteiger partial charge in [0.05, 0.1) is 6.07 Å². The highest BCUT2D eigenvalue weighted by molar-refractivity contribution is 5.24. The lowest BCUT2D eigenvalue weighted by atomic mass is 9.95. The fourth-order valence-corrected chi connectivity index (χ4v) is 2.16. The molecule has 1 heterocycles. The predicted molar refractivity (Wildman–Crippen MR) is 57.1 cm³/mol. The first-order valence-electron chi connectivity index (χ1n) is 5.37. The molecule has 0 amide bonds. The highest BCUT2D eigenvalue weighted by Gasteiger charge is 2.30. The van der Waals surface area contributed by atoms with Crippen LogP contribution in [0, 0.1) is 23.0 Å². The summed E-state index contributed by atoms with van der Waals surface area (Å²) in [5.74, 6) is -1.29. The average Bonchev–Trinajstić information content (AvgIpc) is 2.76. The van der Waals surface area contributed by atoms with Crippen molar-refractivity contribution in [3.63, 3.8) is 0 Å². The van der Waals surface area contributed by atoms with Crippen molar-refractivity contribution in [1.82, 2.24) is 5.32 Å². The first-order chi connectivity index (χ1) is 8.10. The minimum Gasteiger partial charge on any atom is -0.376 e. The normalized spacial score (nSPS) is 25.5. The van der Waals surface area contributed by atoms with Gasteiger partial charge in [-0.15, -0.1) is 0 Å². The number of nitrogens with one attached hydrogen (secondary N) is 1. The van der Waals surface area contributed by atoms with E-state index in [1.54, 1.807) is 6.07 Å². The molecule has 1 aromatic rings. The van der Waals surface area contributed by atoms with E-state index in [0.717, 1.165) is 6.07 Å². The molecular formula is C12H12F2N2O. The third-order valence-electron chi connectivity index (χ3n) is 3.03. The summed E-state index contributed by atoms with van der Waals surface area (Å²) in [6.45, 7) is 0.506. The Labute approximate surface area is 97.7 Å². The monoisotopic (exact) mass is 238 g/mol. The first kappa shape index (κ1) is 12.0. The number of hydrogen-bond acceptors (Lipinski definition) is 3. The van der Waals surface area contributed by atoms with Crippen LogP contribution in [0.5, 0.6) is 0 Å². The summed E-state index contributed by atoms with van der Waals surface area (Å²) in [5, 5.41) is 20.9. The predicted octanol–water partition coefficient (Wildman–Crippen LogP) is 1.29. The minimum atomic E-state index is -1.08. The van der Waals surface area contributed by atoms with Gasteiger partial charge in [0, 0.05) is 18.7 Å². The number of rotatable bonds is 2. The molecule has 0 saturated carbocycles. The zero-order valence-electron chi connectivity index (χ0n) is 9.03. The standard InChI is InChI=1S/C12H12F2N2O/c13-9-1-7(2-10(14)4-9)8-3-11(16-6-8)12(17)5-15/h1-2,4,8,11-12,16-17H,3,6H2/t8-,11?,12?/m1/s1. The zero-order valence-corrected chi connectivity index (χ0v) is 9.03. The van der Waals surface area contributed by atoms with Crippen LogP contribution in [0.15, 0.2) is 18.2 Å². The molecule has 5 heteroatoms. The average molecular weight is 238 g/mol. The molecule has 3 nitrogen and oxygen atoms in total. The number of aliphatic hydroxyl groups is 1. The van der Waals surface area contributed by atoms with Crippen molar-refractivity contribution < 1.29 is 13.9 Å². The SMILES string of the molecule is N#CC(O)C1C[C@@H](c2cc(F)cc(F)c2)CN1. The number of benzene rings is 1. The highest BCUT2D eigenvalue weighted by Crippen LogP contribution is 2.28. The Balaban J connectivity index is 2.13. The molecule has 3 atom stereocenters. The third kappa shape index (κ3) is 2.60. The van der Waals surface area contributed by atoms with E-state index < -0.39 is 17.7 Å². The van der Waals surface area contributed by atoms with Crippen LogP contribution in [0.4, 0.5) is 8.78 Å². The molecule has 0 radical (unpaired) electrons. The molecular weight excluding hydrogens is 226 g/mol. The summed E-state index contributed by atoms with van der Waals surface area (Å²) in [6, 6.07) is 4.81. The van der Waals surface area contributed by atoms with Crippen molar-refractivity contribution in [3.8, 4) is 6.07 Å². The number of nitrogens with zero attached hydrogens (tertiary/aromatic N) is 1. The van der Waals surface area contributed by atoms with E-state index in [1.807, 2.05) is 0 Å². The Hall–Kier alpha value is -1.51. The summed E-state index contributed by atoms with van der Waals surface area (Å²) in [6.07, 6.45) is -0.587. The Bertz CT molecular complexity index is 438. The van der Waals surface area contributed by atoms with Gasteiger partial charge in [0.2, 0.25) is 0 Å². The van der Waals surface area contributed by atoms with Gasteiger partial charge in [-0.3, -0.25) is 0 Å². The van der Waals surface area contributed by atoms with Crippen LogP contribution >= 0.6 is 0 Å². The van der Waals surface area contributed by atoms with Crippen molar-refractivity contribution in [2.75, 3.05) is 6.54 Å². The lowest BCUT2D eigenvalue weighted by Crippen LogP contribution is -2.33. The maximum absolute atomic E-state index is 13.0. The number of halogens is 2. The molecule has 17 heavy (non-hydrogen) atoms. The summed E-state index contributed by atoms with van der Waals surface area (Å²) < 4.78 is 26.1. The molecule has 90 valence electrons. The minimum absolute atomic E-state index is 0.0757. The van der Waals surface area contributed by atoms with Gasteiger partial charge in [0.25, 0.3) is 0 Å². The van der Waals surface area contributed by atoms with Gasteiger partial charge in [-0.2, -0.15) is 5.26 Å². The van der Waals surface area contributed by atoms with Crippen LogP contribution in [0.1, 0.15) is 17.9 Å². The van der Waals surface area contributed by atoms with E-state index in [4.69, 9.17) is 5.26 Å². The molecule has 0 aromatic heterocycles. The van der Waals surface area contributed by atoms with Gasteiger partial charge in [-0.05, 0) is 30.0 Å². The van der Waals surface area contributed by atoms with Gasteiger partial charge in [-0.1, -0.05) is 0 Å². The molecule has 2 unspecified atom stereocenters. The molecule has 1 aromatic carbocycles.